The quantitative estimate of drug-likeness (QED) is 0.472. The first-order valence-electron chi connectivity index (χ1n) is 4.63. The van der Waals surface area contributed by atoms with E-state index in [4.69, 9.17) is 16.3 Å². The van der Waals surface area contributed by atoms with Gasteiger partial charge in [-0.2, -0.15) is 0 Å². The van der Waals surface area contributed by atoms with Crippen LogP contribution in [0.2, 0.25) is 0 Å². The van der Waals surface area contributed by atoms with Crippen molar-refractivity contribution in [3.05, 3.63) is 0 Å². The van der Waals surface area contributed by atoms with Gasteiger partial charge in [0.1, 0.15) is 0 Å². The van der Waals surface area contributed by atoms with E-state index in [9.17, 15) is 0 Å². The Morgan fingerprint density at radius 3 is 2.62 bits per heavy atom. The summed E-state index contributed by atoms with van der Waals surface area (Å²) in [4.78, 5) is 2.17. The number of rotatable bonds is 8. The van der Waals surface area contributed by atoms with E-state index in [0.717, 1.165) is 19.5 Å². The van der Waals surface area contributed by atoms with Crippen LogP contribution in [0.1, 0.15) is 6.42 Å². The molecule has 0 fully saturated rings. The largest absolute Gasteiger partial charge is 0.383 e. The molecule has 0 amide bonds. The molecular formula is C9H21ClN2O. The van der Waals surface area contributed by atoms with Gasteiger partial charge in [0.05, 0.1) is 6.61 Å². The SMILES string of the molecule is COCC(CCl)NCCCN(C)C. The monoisotopic (exact) mass is 208 g/mol. The van der Waals surface area contributed by atoms with Crippen molar-refractivity contribution in [1.29, 1.82) is 0 Å². The smallest absolute Gasteiger partial charge is 0.0627 e. The summed E-state index contributed by atoms with van der Waals surface area (Å²) in [6.45, 7) is 2.79. The molecule has 1 atom stereocenters. The van der Waals surface area contributed by atoms with Gasteiger partial charge in [0.2, 0.25) is 0 Å². The van der Waals surface area contributed by atoms with E-state index >= 15 is 0 Å². The maximum Gasteiger partial charge on any atom is 0.0627 e. The third kappa shape index (κ3) is 8.50. The Balaban J connectivity index is 3.27. The van der Waals surface area contributed by atoms with Crippen LogP contribution in [0.5, 0.6) is 0 Å². The van der Waals surface area contributed by atoms with Crippen molar-refractivity contribution in [2.24, 2.45) is 0 Å². The van der Waals surface area contributed by atoms with Crippen LogP contribution >= 0.6 is 11.6 Å². The fraction of sp³-hybridized carbons (Fsp3) is 1.00. The first kappa shape index (κ1) is 13.2. The van der Waals surface area contributed by atoms with Crippen LogP contribution in [0.4, 0.5) is 0 Å². The Hall–Kier alpha value is 0.170. The molecular weight excluding hydrogens is 188 g/mol. The second-order valence-corrected chi connectivity index (χ2v) is 3.73. The number of alkyl halides is 1. The first-order valence-corrected chi connectivity index (χ1v) is 5.17. The summed E-state index contributed by atoms with van der Waals surface area (Å²) in [5.74, 6) is 0.607. The van der Waals surface area contributed by atoms with E-state index in [2.05, 4.69) is 24.3 Å². The number of ether oxygens (including phenoxy) is 1. The molecule has 0 aliphatic heterocycles. The van der Waals surface area contributed by atoms with Crippen LogP contribution in [0.3, 0.4) is 0 Å². The van der Waals surface area contributed by atoms with Gasteiger partial charge < -0.3 is 15.0 Å². The minimum atomic E-state index is 0.286. The highest BCUT2D eigenvalue weighted by molar-refractivity contribution is 6.18. The lowest BCUT2D eigenvalue weighted by Crippen LogP contribution is -2.36. The summed E-state index contributed by atoms with van der Waals surface area (Å²) in [5, 5.41) is 3.34. The molecule has 0 bridgehead atoms. The molecule has 0 radical (unpaired) electrons. The van der Waals surface area contributed by atoms with Crippen molar-refractivity contribution in [1.82, 2.24) is 10.2 Å². The molecule has 3 nitrogen and oxygen atoms in total. The van der Waals surface area contributed by atoms with Crippen molar-refractivity contribution in [2.45, 2.75) is 12.5 Å². The minimum absolute atomic E-state index is 0.286. The molecule has 4 heteroatoms. The van der Waals surface area contributed by atoms with E-state index in [1.54, 1.807) is 7.11 Å². The predicted octanol–water partition coefficient (Wildman–Crippen LogP) is 0.782. The third-order valence-electron chi connectivity index (χ3n) is 1.77. The molecule has 80 valence electrons. The third-order valence-corrected chi connectivity index (χ3v) is 2.14. The van der Waals surface area contributed by atoms with Crippen LogP contribution in [0.25, 0.3) is 0 Å². The van der Waals surface area contributed by atoms with Crippen LogP contribution in [-0.2, 0) is 4.74 Å². The topological polar surface area (TPSA) is 24.5 Å². The molecule has 0 heterocycles. The van der Waals surface area contributed by atoms with Gasteiger partial charge in [0.25, 0.3) is 0 Å². The average Bonchev–Trinajstić information content (AvgIpc) is 2.10. The fourth-order valence-corrected chi connectivity index (χ4v) is 1.26. The van der Waals surface area contributed by atoms with E-state index in [-0.39, 0.29) is 6.04 Å². The Kier molecular flexibility index (Phi) is 8.87. The zero-order valence-electron chi connectivity index (χ0n) is 8.85. The first-order chi connectivity index (χ1) is 6.20. The summed E-state index contributed by atoms with van der Waals surface area (Å²) in [6.07, 6.45) is 1.14. The molecule has 0 aromatic carbocycles. The molecule has 0 aliphatic carbocycles. The number of methoxy groups -OCH3 is 1. The van der Waals surface area contributed by atoms with Gasteiger partial charge in [-0.3, -0.25) is 0 Å². The van der Waals surface area contributed by atoms with E-state index in [0.29, 0.717) is 12.5 Å². The molecule has 0 aliphatic rings. The number of nitrogens with zero attached hydrogens (tertiary/aromatic N) is 1. The maximum absolute atomic E-state index is 5.73. The van der Waals surface area contributed by atoms with Gasteiger partial charge >= 0.3 is 0 Å². The minimum Gasteiger partial charge on any atom is -0.383 e. The molecule has 0 saturated carbocycles. The van der Waals surface area contributed by atoms with Crippen LogP contribution in [0.15, 0.2) is 0 Å². The van der Waals surface area contributed by atoms with Gasteiger partial charge in [-0.15, -0.1) is 11.6 Å². The Labute approximate surface area is 86.4 Å². The van der Waals surface area contributed by atoms with Gasteiger partial charge in [0, 0.05) is 19.0 Å². The van der Waals surface area contributed by atoms with Crippen molar-refractivity contribution in [3.63, 3.8) is 0 Å². The number of hydrogen-bond donors (Lipinski definition) is 1. The van der Waals surface area contributed by atoms with Crippen LogP contribution < -0.4 is 5.32 Å². The summed E-state index contributed by atoms with van der Waals surface area (Å²) in [7, 11) is 5.85. The van der Waals surface area contributed by atoms with Gasteiger partial charge in [-0.1, -0.05) is 0 Å². The standard InChI is InChI=1S/C9H21ClN2O/c1-12(2)6-4-5-11-9(7-10)8-13-3/h9,11H,4-8H2,1-3H3. The van der Waals surface area contributed by atoms with Gasteiger partial charge in [-0.25, -0.2) is 0 Å². The van der Waals surface area contributed by atoms with Crippen LogP contribution in [0, 0.1) is 0 Å². The highest BCUT2D eigenvalue weighted by atomic mass is 35.5. The predicted molar refractivity (Wildman–Crippen MR) is 57.6 cm³/mol. The highest BCUT2D eigenvalue weighted by Crippen LogP contribution is 1.90. The van der Waals surface area contributed by atoms with Crippen LogP contribution in [-0.4, -0.2) is 57.7 Å². The summed E-state index contributed by atoms with van der Waals surface area (Å²) >= 11 is 5.73. The van der Waals surface area contributed by atoms with Gasteiger partial charge in [-0.05, 0) is 33.6 Å². The molecule has 13 heavy (non-hydrogen) atoms. The molecule has 1 unspecified atom stereocenters. The summed E-state index contributed by atoms with van der Waals surface area (Å²) < 4.78 is 5.02. The number of hydrogen-bond acceptors (Lipinski definition) is 3. The Morgan fingerprint density at radius 2 is 2.15 bits per heavy atom. The van der Waals surface area contributed by atoms with Gasteiger partial charge in [0.15, 0.2) is 0 Å². The normalized spacial score (nSPS) is 13.6. The van der Waals surface area contributed by atoms with Crippen molar-refractivity contribution < 1.29 is 4.74 Å². The van der Waals surface area contributed by atoms with Crippen molar-refractivity contribution in [2.75, 3.05) is 46.8 Å². The zero-order valence-corrected chi connectivity index (χ0v) is 9.60. The molecule has 0 rings (SSSR count). The molecule has 0 spiro atoms. The number of halogens is 1. The number of nitrogens with one attached hydrogen (secondary N) is 1. The second kappa shape index (κ2) is 8.75. The summed E-state index contributed by atoms with van der Waals surface area (Å²) in [6, 6.07) is 0.286. The Morgan fingerprint density at radius 1 is 1.46 bits per heavy atom. The average molecular weight is 209 g/mol. The zero-order chi connectivity index (χ0) is 10.1. The summed E-state index contributed by atoms with van der Waals surface area (Å²) in [5.41, 5.74) is 0. The van der Waals surface area contributed by atoms with Crippen molar-refractivity contribution >= 4 is 11.6 Å². The van der Waals surface area contributed by atoms with E-state index in [1.807, 2.05) is 0 Å². The fourth-order valence-electron chi connectivity index (χ4n) is 1.06. The van der Waals surface area contributed by atoms with E-state index < -0.39 is 0 Å². The molecule has 1 N–H and O–H groups in total. The van der Waals surface area contributed by atoms with E-state index in [1.165, 1.54) is 0 Å². The second-order valence-electron chi connectivity index (χ2n) is 3.42. The molecule has 0 aromatic heterocycles. The highest BCUT2D eigenvalue weighted by Gasteiger charge is 2.04. The lowest BCUT2D eigenvalue weighted by molar-refractivity contribution is 0.173. The molecule has 0 saturated heterocycles. The lowest BCUT2D eigenvalue weighted by atomic mass is 10.3. The lowest BCUT2D eigenvalue weighted by Gasteiger charge is -2.15. The Bertz CT molecular complexity index is 112. The maximum atomic E-state index is 5.73. The molecule has 0 aromatic rings. The van der Waals surface area contributed by atoms with Crippen molar-refractivity contribution in [3.8, 4) is 0 Å².